The minimum atomic E-state index is -0.390. The number of furan rings is 1. The maximum atomic E-state index is 12.6. The highest BCUT2D eigenvalue weighted by Gasteiger charge is 2.13. The molecule has 2 amide bonds. The van der Waals surface area contributed by atoms with Gasteiger partial charge in [-0.1, -0.05) is 0 Å². The highest BCUT2D eigenvalue weighted by atomic mass is 16.5. The number of anilines is 2. The van der Waals surface area contributed by atoms with Crippen LogP contribution >= 0.6 is 0 Å². The zero-order valence-corrected chi connectivity index (χ0v) is 15.5. The van der Waals surface area contributed by atoms with Gasteiger partial charge in [-0.3, -0.25) is 9.59 Å². The van der Waals surface area contributed by atoms with Crippen molar-refractivity contribution in [2.75, 3.05) is 24.4 Å². The van der Waals surface area contributed by atoms with Gasteiger partial charge in [0, 0.05) is 11.3 Å². The zero-order valence-electron chi connectivity index (χ0n) is 15.5. The molecule has 7 nitrogen and oxygen atoms in total. The summed E-state index contributed by atoms with van der Waals surface area (Å²) in [5, 5.41) is 5.51. The largest absolute Gasteiger partial charge is 0.495 e. The molecule has 3 rings (SSSR count). The molecule has 0 aliphatic heterocycles. The molecule has 0 unspecified atom stereocenters. The van der Waals surface area contributed by atoms with E-state index in [1.165, 1.54) is 13.4 Å². The Labute approximate surface area is 162 Å². The summed E-state index contributed by atoms with van der Waals surface area (Å²) in [4.78, 5) is 24.7. The van der Waals surface area contributed by atoms with Crippen LogP contribution in [0.2, 0.25) is 0 Å². The molecule has 1 heterocycles. The molecule has 0 saturated heterocycles. The molecule has 0 fully saturated rings. The quantitative estimate of drug-likeness (QED) is 0.641. The third-order valence-corrected chi connectivity index (χ3v) is 3.88. The molecule has 2 aromatic carbocycles. The fraction of sp³-hybridized carbons (Fsp3) is 0.143. The lowest BCUT2D eigenvalue weighted by Crippen LogP contribution is -2.14. The van der Waals surface area contributed by atoms with Gasteiger partial charge < -0.3 is 24.5 Å². The van der Waals surface area contributed by atoms with Crippen molar-refractivity contribution in [2.45, 2.75) is 6.92 Å². The summed E-state index contributed by atoms with van der Waals surface area (Å²) in [6.45, 7) is 2.45. The Hall–Kier alpha value is -3.74. The van der Waals surface area contributed by atoms with E-state index in [9.17, 15) is 9.59 Å². The number of carbonyl (C=O) groups is 2. The lowest BCUT2D eigenvalue weighted by molar-refractivity contribution is 0.0995. The van der Waals surface area contributed by atoms with E-state index < -0.39 is 0 Å². The standard InChI is InChI=1S/C21H20N2O5/c1-3-27-16-9-6-14(7-10-16)20(24)23-17-13-15(8-11-18(17)26-2)22-21(25)19-5-4-12-28-19/h4-13H,3H2,1-2H3,(H,22,25)(H,23,24). The number of methoxy groups -OCH3 is 1. The lowest BCUT2D eigenvalue weighted by atomic mass is 10.2. The first-order valence-corrected chi connectivity index (χ1v) is 8.68. The number of benzene rings is 2. The molecular formula is C21H20N2O5. The Balaban J connectivity index is 1.76. The van der Waals surface area contributed by atoms with Crippen molar-refractivity contribution < 1.29 is 23.5 Å². The molecule has 28 heavy (non-hydrogen) atoms. The minimum Gasteiger partial charge on any atom is -0.495 e. The van der Waals surface area contributed by atoms with Crippen molar-refractivity contribution in [3.05, 3.63) is 72.2 Å². The number of nitrogens with one attached hydrogen (secondary N) is 2. The zero-order chi connectivity index (χ0) is 19.9. The topological polar surface area (TPSA) is 89.8 Å². The average molecular weight is 380 g/mol. The Kier molecular flexibility index (Phi) is 5.96. The van der Waals surface area contributed by atoms with Gasteiger partial charge in [0.15, 0.2) is 5.76 Å². The normalized spacial score (nSPS) is 10.2. The second-order valence-corrected chi connectivity index (χ2v) is 5.76. The number of amides is 2. The Morgan fingerprint density at radius 3 is 2.43 bits per heavy atom. The molecule has 0 saturated carbocycles. The van der Waals surface area contributed by atoms with Crippen LogP contribution in [-0.2, 0) is 0 Å². The first-order valence-electron chi connectivity index (χ1n) is 8.68. The Morgan fingerprint density at radius 2 is 1.79 bits per heavy atom. The van der Waals surface area contributed by atoms with E-state index in [0.29, 0.717) is 35.0 Å². The van der Waals surface area contributed by atoms with Crippen LogP contribution in [0, 0.1) is 0 Å². The molecule has 0 radical (unpaired) electrons. The van der Waals surface area contributed by atoms with Crippen LogP contribution in [0.15, 0.2) is 65.3 Å². The maximum Gasteiger partial charge on any atom is 0.291 e. The molecule has 0 aliphatic rings. The van der Waals surface area contributed by atoms with Crippen molar-refractivity contribution in [1.82, 2.24) is 0 Å². The number of ether oxygens (including phenoxy) is 2. The van der Waals surface area contributed by atoms with Gasteiger partial charge in [0.05, 0.1) is 25.7 Å². The van der Waals surface area contributed by atoms with Crippen LogP contribution < -0.4 is 20.1 Å². The fourth-order valence-corrected chi connectivity index (χ4v) is 2.55. The number of hydrogen-bond acceptors (Lipinski definition) is 5. The van der Waals surface area contributed by atoms with Crippen LogP contribution in [0.3, 0.4) is 0 Å². The third-order valence-electron chi connectivity index (χ3n) is 3.88. The van der Waals surface area contributed by atoms with E-state index in [1.54, 1.807) is 54.6 Å². The molecule has 144 valence electrons. The fourth-order valence-electron chi connectivity index (χ4n) is 2.55. The molecule has 7 heteroatoms. The van der Waals surface area contributed by atoms with Crippen molar-refractivity contribution in [3.8, 4) is 11.5 Å². The number of hydrogen-bond donors (Lipinski definition) is 2. The first kappa shape index (κ1) is 19.0. The smallest absolute Gasteiger partial charge is 0.291 e. The molecule has 1 aromatic heterocycles. The van der Waals surface area contributed by atoms with E-state index >= 15 is 0 Å². The second kappa shape index (κ2) is 8.77. The highest BCUT2D eigenvalue weighted by molar-refractivity contribution is 6.06. The molecule has 0 spiro atoms. The number of rotatable bonds is 7. The van der Waals surface area contributed by atoms with E-state index in [0.717, 1.165) is 0 Å². The van der Waals surface area contributed by atoms with E-state index in [4.69, 9.17) is 13.9 Å². The summed E-state index contributed by atoms with van der Waals surface area (Å²) in [6, 6.07) is 15.0. The Bertz CT molecular complexity index is 949. The van der Waals surface area contributed by atoms with Crippen LogP contribution in [0.25, 0.3) is 0 Å². The molecule has 0 atom stereocenters. The van der Waals surface area contributed by atoms with Gasteiger partial charge in [0.25, 0.3) is 11.8 Å². The summed E-state index contributed by atoms with van der Waals surface area (Å²) in [7, 11) is 1.50. The summed E-state index contributed by atoms with van der Waals surface area (Å²) in [5.41, 5.74) is 1.39. The summed E-state index contributed by atoms with van der Waals surface area (Å²) < 4.78 is 15.8. The van der Waals surface area contributed by atoms with Crippen molar-refractivity contribution in [2.24, 2.45) is 0 Å². The summed E-state index contributed by atoms with van der Waals surface area (Å²) in [6.07, 6.45) is 1.42. The van der Waals surface area contributed by atoms with E-state index in [-0.39, 0.29) is 17.6 Å². The summed E-state index contributed by atoms with van der Waals surface area (Å²) in [5.74, 6) is 0.653. The monoisotopic (exact) mass is 380 g/mol. The predicted octanol–water partition coefficient (Wildman–Crippen LogP) is 4.19. The maximum absolute atomic E-state index is 12.6. The van der Waals surface area contributed by atoms with E-state index in [2.05, 4.69) is 10.6 Å². The van der Waals surface area contributed by atoms with Gasteiger partial charge in [-0.05, 0) is 61.5 Å². The molecule has 0 bridgehead atoms. The minimum absolute atomic E-state index is 0.191. The first-order chi connectivity index (χ1) is 13.6. The molecular weight excluding hydrogens is 360 g/mol. The van der Waals surface area contributed by atoms with Crippen LogP contribution in [0.4, 0.5) is 11.4 Å². The second-order valence-electron chi connectivity index (χ2n) is 5.76. The predicted molar refractivity (Wildman–Crippen MR) is 105 cm³/mol. The molecule has 0 aliphatic carbocycles. The third kappa shape index (κ3) is 4.50. The highest BCUT2D eigenvalue weighted by Crippen LogP contribution is 2.29. The number of carbonyl (C=O) groups excluding carboxylic acids is 2. The van der Waals surface area contributed by atoms with Crippen LogP contribution in [-0.4, -0.2) is 25.5 Å². The van der Waals surface area contributed by atoms with Crippen molar-refractivity contribution >= 4 is 23.2 Å². The van der Waals surface area contributed by atoms with Crippen LogP contribution in [0.5, 0.6) is 11.5 Å². The SMILES string of the molecule is CCOc1ccc(C(=O)Nc2cc(NC(=O)c3ccco3)ccc2OC)cc1. The van der Waals surface area contributed by atoms with Gasteiger partial charge in [0.2, 0.25) is 0 Å². The van der Waals surface area contributed by atoms with Gasteiger partial charge in [-0.2, -0.15) is 0 Å². The molecule has 2 N–H and O–H groups in total. The van der Waals surface area contributed by atoms with Gasteiger partial charge in [0.1, 0.15) is 11.5 Å². The van der Waals surface area contributed by atoms with Crippen LogP contribution in [0.1, 0.15) is 27.8 Å². The van der Waals surface area contributed by atoms with Gasteiger partial charge in [-0.15, -0.1) is 0 Å². The van der Waals surface area contributed by atoms with Crippen molar-refractivity contribution in [1.29, 1.82) is 0 Å². The lowest BCUT2D eigenvalue weighted by Gasteiger charge is -2.13. The Morgan fingerprint density at radius 1 is 1.00 bits per heavy atom. The average Bonchev–Trinajstić information content (AvgIpc) is 3.24. The van der Waals surface area contributed by atoms with Gasteiger partial charge in [-0.25, -0.2) is 0 Å². The van der Waals surface area contributed by atoms with Crippen molar-refractivity contribution in [3.63, 3.8) is 0 Å². The summed E-state index contributed by atoms with van der Waals surface area (Å²) >= 11 is 0. The van der Waals surface area contributed by atoms with E-state index in [1.807, 2.05) is 6.92 Å². The van der Waals surface area contributed by atoms with Gasteiger partial charge >= 0.3 is 0 Å². The molecule has 3 aromatic rings.